The van der Waals surface area contributed by atoms with Crippen LogP contribution >= 0.6 is 0 Å². The van der Waals surface area contributed by atoms with Crippen LogP contribution in [0, 0.1) is 6.92 Å². The van der Waals surface area contributed by atoms with Gasteiger partial charge in [-0.15, -0.1) is 12.1 Å². The third-order valence-corrected chi connectivity index (χ3v) is 0.911. The van der Waals surface area contributed by atoms with Crippen LogP contribution in [0.3, 0.4) is 0 Å². The summed E-state index contributed by atoms with van der Waals surface area (Å²) in [5, 5.41) is 8.77. The number of rotatable bonds is 0. The van der Waals surface area contributed by atoms with Crippen molar-refractivity contribution in [3.05, 3.63) is 36.8 Å². The van der Waals surface area contributed by atoms with Gasteiger partial charge in [-0.05, 0) is 6.07 Å². The molecule has 0 heterocycles. The van der Waals surface area contributed by atoms with Crippen LogP contribution in [0.15, 0.2) is 24.3 Å². The molecule has 0 amide bonds. The quantitative estimate of drug-likeness (QED) is 0.624. The Morgan fingerprint density at radius 3 is 2.33 bits per heavy atom. The van der Waals surface area contributed by atoms with Gasteiger partial charge in [0, 0.05) is 32.7 Å². The largest absolute Gasteiger partial charge is 0.521 e. The van der Waals surface area contributed by atoms with Crippen molar-refractivity contribution in [1.82, 2.24) is 0 Å². The summed E-state index contributed by atoms with van der Waals surface area (Å²) in [6.45, 7) is 3.62. The fourth-order valence-electron chi connectivity index (χ4n) is 0.556. The van der Waals surface area contributed by atoms with Crippen LogP contribution in [0.2, 0.25) is 0 Å². The van der Waals surface area contributed by atoms with E-state index in [0.29, 0.717) is 0 Å². The van der Waals surface area contributed by atoms with Gasteiger partial charge in [0.25, 0.3) is 0 Å². The van der Waals surface area contributed by atoms with E-state index in [1.54, 1.807) is 18.2 Å². The smallest absolute Gasteiger partial charge is 0.0605 e. The van der Waals surface area contributed by atoms with Crippen molar-refractivity contribution >= 4 is 0 Å². The van der Waals surface area contributed by atoms with Crippen molar-refractivity contribution in [2.75, 3.05) is 0 Å². The monoisotopic (exact) mass is 196 g/mol. The molecule has 1 nitrogen and oxygen atoms in total. The number of phenols is 1. The Kier molecular flexibility index (Phi) is 3.91. The Hall–Kier alpha value is -0.00610. The molecule has 1 aromatic carbocycles. The predicted molar refractivity (Wildman–Crippen MR) is 32.6 cm³/mol. The summed E-state index contributed by atoms with van der Waals surface area (Å²) in [6, 6.07) is 6.83. The fourth-order valence-corrected chi connectivity index (χ4v) is 0.556. The minimum Gasteiger partial charge on any atom is -0.521 e. The Balaban J connectivity index is 0.000000640. The molecule has 0 atom stereocenters. The van der Waals surface area contributed by atoms with Gasteiger partial charge < -0.3 is 5.11 Å². The topological polar surface area (TPSA) is 20.2 Å². The third kappa shape index (κ3) is 2.88. The molecule has 0 saturated carbocycles. The molecule has 0 saturated heterocycles. The number of hydrogen-bond acceptors (Lipinski definition) is 1. The summed E-state index contributed by atoms with van der Waals surface area (Å²) in [4.78, 5) is 0. The van der Waals surface area contributed by atoms with Crippen LogP contribution in [0.25, 0.3) is 0 Å². The molecule has 0 aliphatic heterocycles. The molecular formula is C7H7OY-. The molecule has 1 aromatic rings. The van der Waals surface area contributed by atoms with Gasteiger partial charge in [-0.3, -0.25) is 0 Å². The first-order chi connectivity index (χ1) is 3.79. The van der Waals surface area contributed by atoms with E-state index in [2.05, 4.69) is 6.92 Å². The summed E-state index contributed by atoms with van der Waals surface area (Å²) in [5.74, 6) is 0.275. The molecule has 2 heteroatoms. The normalized spacial score (nSPS) is 8.00. The zero-order valence-corrected chi connectivity index (χ0v) is 7.88. The fraction of sp³-hybridized carbons (Fsp3) is 0. The van der Waals surface area contributed by atoms with Crippen molar-refractivity contribution in [1.29, 1.82) is 0 Å². The van der Waals surface area contributed by atoms with Gasteiger partial charge in [0.2, 0.25) is 0 Å². The van der Waals surface area contributed by atoms with Crippen LogP contribution in [0.5, 0.6) is 5.75 Å². The van der Waals surface area contributed by atoms with Crippen LogP contribution < -0.4 is 0 Å². The van der Waals surface area contributed by atoms with Gasteiger partial charge in [-0.1, -0.05) is 0 Å². The minimum atomic E-state index is 0. The molecule has 0 aromatic heterocycles. The van der Waals surface area contributed by atoms with E-state index in [4.69, 9.17) is 5.11 Å². The Labute approximate surface area is 80.0 Å². The number of phenolic OH excluding ortho intramolecular Hbond substituents is 1. The first-order valence-corrected chi connectivity index (χ1v) is 2.40. The number of hydrogen-bond donors (Lipinski definition) is 1. The van der Waals surface area contributed by atoms with Gasteiger partial charge in [0.15, 0.2) is 0 Å². The van der Waals surface area contributed by atoms with E-state index >= 15 is 0 Å². The average Bonchev–Trinajstić information content (AvgIpc) is 1.64. The second kappa shape index (κ2) is 3.91. The molecule has 0 aliphatic carbocycles. The maximum Gasteiger partial charge on any atom is 0.0605 e. The van der Waals surface area contributed by atoms with Crippen molar-refractivity contribution in [3.8, 4) is 5.75 Å². The Morgan fingerprint density at radius 1 is 1.33 bits per heavy atom. The zero-order valence-electron chi connectivity index (χ0n) is 5.04. The molecule has 0 bridgehead atoms. The standard InChI is InChI=1S/C7H7O.Y/c1-6-3-2-4-7(8)5-6;/h2-5,8H,1H2;/q-1;. The van der Waals surface area contributed by atoms with Crippen molar-refractivity contribution < 1.29 is 37.8 Å². The van der Waals surface area contributed by atoms with Gasteiger partial charge in [-0.2, -0.15) is 18.6 Å². The Morgan fingerprint density at radius 2 is 2.00 bits per heavy atom. The van der Waals surface area contributed by atoms with E-state index in [1.165, 1.54) is 0 Å². The van der Waals surface area contributed by atoms with E-state index in [0.717, 1.165) is 5.56 Å². The van der Waals surface area contributed by atoms with Crippen LogP contribution in [-0.2, 0) is 32.7 Å². The maximum atomic E-state index is 8.77. The van der Waals surface area contributed by atoms with E-state index in [1.807, 2.05) is 6.07 Å². The SMILES string of the molecule is [CH2-]c1cccc(O)c1.[Y]. The van der Waals surface area contributed by atoms with Gasteiger partial charge in [0.1, 0.15) is 0 Å². The zero-order chi connectivity index (χ0) is 5.98. The van der Waals surface area contributed by atoms with Crippen molar-refractivity contribution in [2.24, 2.45) is 0 Å². The minimum absolute atomic E-state index is 0. The average molecular weight is 196 g/mol. The summed E-state index contributed by atoms with van der Waals surface area (Å²) in [6.07, 6.45) is 0. The van der Waals surface area contributed by atoms with Gasteiger partial charge >= 0.3 is 0 Å². The summed E-state index contributed by atoms with van der Waals surface area (Å²) in [5.41, 5.74) is 0.838. The van der Waals surface area contributed by atoms with Crippen LogP contribution in [0.4, 0.5) is 0 Å². The van der Waals surface area contributed by atoms with Gasteiger partial charge in [-0.25, -0.2) is 0 Å². The predicted octanol–water partition coefficient (Wildman–Crippen LogP) is 1.57. The molecule has 0 unspecified atom stereocenters. The number of benzene rings is 1. The molecule has 0 fully saturated rings. The Bertz CT molecular complexity index is 169. The summed E-state index contributed by atoms with van der Waals surface area (Å²) < 4.78 is 0. The third-order valence-electron chi connectivity index (χ3n) is 0.911. The van der Waals surface area contributed by atoms with Crippen molar-refractivity contribution in [3.63, 3.8) is 0 Å². The molecule has 45 valence electrons. The second-order valence-corrected chi connectivity index (χ2v) is 1.67. The molecule has 0 aliphatic rings. The molecule has 1 N–H and O–H groups in total. The molecule has 1 rings (SSSR count). The summed E-state index contributed by atoms with van der Waals surface area (Å²) in [7, 11) is 0. The molecule has 0 spiro atoms. The first-order valence-electron chi connectivity index (χ1n) is 2.40. The van der Waals surface area contributed by atoms with Crippen LogP contribution in [-0.4, -0.2) is 5.11 Å². The molecular weight excluding hydrogens is 189 g/mol. The van der Waals surface area contributed by atoms with Crippen LogP contribution in [0.1, 0.15) is 5.56 Å². The van der Waals surface area contributed by atoms with Gasteiger partial charge in [0.05, 0.1) is 5.75 Å². The second-order valence-electron chi connectivity index (χ2n) is 1.67. The number of aromatic hydroxyl groups is 1. The molecule has 9 heavy (non-hydrogen) atoms. The van der Waals surface area contributed by atoms with E-state index in [-0.39, 0.29) is 38.5 Å². The molecule has 1 radical (unpaired) electrons. The van der Waals surface area contributed by atoms with E-state index < -0.39 is 0 Å². The van der Waals surface area contributed by atoms with Crippen molar-refractivity contribution in [2.45, 2.75) is 0 Å². The summed E-state index contributed by atoms with van der Waals surface area (Å²) >= 11 is 0. The maximum absolute atomic E-state index is 8.77. The first kappa shape index (κ1) is 8.99. The van der Waals surface area contributed by atoms with E-state index in [9.17, 15) is 0 Å².